The third kappa shape index (κ3) is 4.99. The van der Waals surface area contributed by atoms with Gasteiger partial charge in [-0.1, -0.05) is 30.3 Å². The number of nitrogens with zero attached hydrogens (tertiary/aromatic N) is 1. The fourth-order valence-corrected chi connectivity index (χ4v) is 4.71. The number of fused-ring (bicyclic) bond motifs is 1. The van der Waals surface area contributed by atoms with Crippen molar-refractivity contribution >= 4 is 5.91 Å². The maximum Gasteiger partial charge on any atom is 0.224 e. The van der Waals surface area contributed by atoms with Gasteiger partial charge in [-0.2, -0.15) is 0 Å². The number of carbonyl (C=O) groups is 1. The van der Waals surface area contributed by atoms with E-state index in [9.17, 15) is 4.79 Å². The van der Waals surface area contributed by atoms with Crippen molar-refractivity contribution in [3.05, 3.63) is 64.7 Å². The summed E-state index contributed by atoms with van der Waals surface area (Å²) in [6.07, 6.45) is 7.79. The smallest absolute Gasteiger partial charge is 0.224 e. The van der Waals surface area contributed by atoms with Gasteiger partial charge in [0.2, 0.25) is 5.91 Å². The van der Waals surface area contributed by atoms with E-state index in [1.165, 1.54) is 48.8 Å². The maximum absolute atomic E-state index is 12.7. The summed E-state index contributed by atoms with van der Waals surface area (Å²) in [5, 5.41) is 3.20. The zero-order valence-electron chi connectivity index (χ0n) is 17.5. The molecule has 2 aromatic carbocycles. The van der Waals surface area contributed by atoms with E-state index in [1.807, 2.05) is 12.1 Å². The Balaban J connectivity index is 1.40. The number of benzene rings is 2. The van der Waals surface area contributed by atoms with Gasteiger partial charge >= 0.3 is 0 Å². The molecule has 4 rings (SSSR count). The topological polar surface area (TPSA) is 41.6 Å². The third-order valence-corrected chi connectivity index (χ3v) is 6.33. The van der Waals surface area contributed by atoms with Crippen LogP contribution in [0.5, 0.6) is 5.75 Å². The molecule has 1 aliphatic carbocycles. The summed E-state index contributed by atoms with van der Waals surface area (Å²) in [6, 6.07) is 15.0. The molecular weight excluding hydrogens is 360 g/mol. The first kappa shape index (κ1) is 20.0. The highest BCUT2D eigenvalue weighted by Crippen LogP contribution is 2.27. The number of ether oxygens (including phenoxy) is 1. The van der Waals surface area contributed by atoms with Crippen molar-refractivity contribution < 1.29 is 9.53 Å². The van der Waals surface area contributed by atoms with Crippen LogP contribution in [0, 0.1) is 0 Å². The highest BCUT2D eigenvalue weighted by atomic mass is 16.5. The third-order valence-electron chi connectivity index (χ3n) is 6.33. The Morgan fingerprint density at radius 2 is 1.83 bits per heavy atom. The van der Waals surface area contributed by atoms with Gasteiger partial charge in [0.25, 0.3) is 0 Å². The Hall–Kier alpha value is -2.33. The lowest BCUT2D eigenvalue weighted by atomic mass is 9.90. The summed E-state index contributed by atoms with van der Waals surface area (Å²) in [4.78, 5) is 15.2. The minimum absolute atomic E-state index is 0.104. The SMILES string of the molecule is COc1cccc(C(CNC(=O)Cc2ccc3c(c2)CCCC3)N2CCCC2)c1. The zero-order chi connectivity index (χ0) is 20.1. The van der Waals surface area contributed by atoms with E-state index in [1.54, 1.807) is 7.11 Å². The molecule has 1 fully saturated rings. The number of hydrogen-bond donors (Lipinski definition) is 1. The normalized spacial score (nSPS) is 17.6. The van der Waals surface area contributed by atoms with E-state index in [-0.39, 0.29) is 11.9 Å². The minimum Gasteiger partial charge on any atom is -0.497 e. The number of amides is 1. The molecule has 2 aliphatic rings. The lowest BCUT2D eigenvalue weighted by Gasteiger charge is -2.28. The second kappa shape index (κ2) is 9.45. The van der Waals surface area contributed by atoms with Crippen molar-refractivity contribution in [2.24, 2.45) is 0 Å². The zero-order valence-corrected chi connectivity index (χ0v) is 17.5. The van der Waals surface area contributed by atoms with Crippen LogP contribution >= 0.6 is 0 Å². The van der Waals surface area contributed by atoms with Crippen LogP contribution in [0.15, 0.2) is 42.5 Å². The molecule has 1 N–H and O–H groups in total. The van der Waals surface area contributed by atoms with Crippen molar-refractivity contribution in [1.29, 1.82) is 0 Å². The predicted octanol–water partition coefficient (Wildman–Crippen LogP) is 4.07. The van der Waals surface area contributed by atoms with Crippen LogP contribution in [-0.4, -0.2) is 37.6 Å². The maximum atomic E-state index is 12.7. The first-order chi connectivity index (χ1) is 14.2. The van der Waals surface area contributed by atoms with Gasteiger partial charge in [0.05, 0.1) is 19.6 Å². The van der Waals surface area contributed by atoms with Gasteiger partial charge in [0.1, 0.15) is 5.75 Å². The molecule has 2 aromatic rings. The fourth-order valence-electron chi connectivity index (χ4n) is 4.71. The van der Waals surface area contributed by atoms with Crippen molar-refractivity contribution in [1.82, 2.24) is 10.2 Å². The average Bonchev–Trinajstić information content (AvgIpc) is 3.28. The lowest BCUT2D eigenvalue weighted by Crippen LogP contribution is -2.37. The lowest BCUT2D eigenvalue weighted by molar-refractivity contribution is -0.120. The van der Waals surface area contributed by atoms with Gasteiger partial charge in [0.15, 0.2) is 0 Å². The molecule has 1 saturated heterocycles. The summed E-state index contributed by atoms with van der Waals surface area (Å²) in [7, 11) is 1.70. The molecule has 0 radical (unpaired) electrons. The van der Waals surface area contributed by atoms with Gasteiger partial charge in [-0.05, 0) is 86.0 Å². The Labute approximate surface area is 174 Å². The van der Waals surface area contributed by atoms with Crippen LogP contribution in [0.4, 0.5) is 0 Å². The van der Waals surface area contributed by atoms with E-state index in [0.717, 1.165) is 30.8 Å². The van der Waals surface area contributed by atoms with Crippen LogP contribution < -0.4 is 10.1 Å². The van der Waals surface area contributed by atoms with Gasteiger partial charge in [-0.15, -0.1) is 0 Å². The second-order valence-electron chi connectivity index (χ2n) is 8.33. The van der Waals surface area contributed by atoms with Gasteiger partial charge < -0.3 is 10.1 Å². The molecule has 154 valence electrons. The molecule has 1 atom stereocenters. The number of nitrogens with one attached hydrogen (secondary N) is 1. The molecular formula is C25H32N2O2. The van der Waals surface area contributed by atoms with Gasteiger partial charge in [0, 0.05) is 6.54 Å². The first-order valence-corrected chi connectivity index (χ1v) is 11.0. The molecule has 1 aliphatic heterocycles. The van der Waals surface area contributed by atoms with Crippen molar-refractivity contribution in [3.63, 3.8) is 0 Å². The number of aryl methyl sites for hydroxylation is 2. The summed E-state index contributed by atoms with van der Waals surface area (Å²) < 4.78 is 5.41. The molecule has 4 nitrogen and oxygen atoms in total. The Kier molecular flexibility index (Phi) is 6.50. The molecule has 29 heavy (non-hydrogen) atoms. The van der Waals surface area contributed by atoms with E-state index in [0.29, 0.717) is 13.0 Å². The molecule has 0 aromatic heterocycles. The molecule has 0 bridgehead atoms. The van der Waals surface area contributed by atoms with Gasteiger partial charge in [-0.3, -0.25) is 9.69 Å². The highest BCUT2D eigenvalue weighted by molar-refractivity contribution is 5.78. The standard InChI is InChI=1S/C25H32N2O2/c1-29-23-10-6-9-22(17-23)24(27-13-4-5-14-27)18-26-25(28)16-19-11-12-20-7-2-3-8-21(20)15-19/h6,9-12,15,17,24H,2-5,7-8,13-14,16,18H2,1H3,(H,26,28). The van der Waals surface area contributed by atoms with Crippen LogP contribution in [0.3, 0.4) is 0 Å². The fraction of sp³-hybridized carbons (Fsp3) is 0.480. The summed E-state index contributed by atoms with van der Waals surface area (Å²) in [6.45, 7) is 2.81. The molecule has 0 saturated carbocycles. The van der Waals surface area contributed by atoms with Crippen LogP contribution in [0.1, 0.15) is 54.0 Å². The number of carbonyl (C=O) groups excluding carboxylic acids is 1. The highest BCUT2D eigenvalue weighted by Gasteiger charge is 2.24. The van der Waals surface area contributed by atoms with Crippen LogP contribution in [0.25, 0.3) is 0 Å². The molecule has 1 heterocycles. The van der Waals surface area contributed by atoms with E-state index in [4.69, 9.17) is 4.74 Å². The Morgan fingerprint density at radius 3 is 2.62 bits per heavy atom. The predicted molar refractivity (Wildman–Crippen MR) is 116 cm³/mol. The van der Waals surface area contributed by atoms with E-state index < -0.39 is 0 Å². The largest absolute Gasteiger partial charge is 0.497 e. The number of hydrogen-bond acceptors (Lipinski definition) is 3. The minimum atomic E-state index is 0.104. The van der Waals surface area contributed by atoms with Crippen molar-refractivity contribution in [2.45, 2.75) is 51.0 Å². The summed E-state index contributed by atoms with van der Waals surface area (Å²) in [5.41, 5.74) is 5.24. The summed E-state index contributed by atoms with van der Waals surface area (Å²) in [5.74, 6) is 0.972. The molecule has 1 unspecified atom stereocenters. The number of rotatable bonds is 7. The average molecular weight is 393 g/mol. The monoisotopic (exact) mass is 392 g/mol. The van der Waals surface area contributed by atoms with E-state index in [2.05, 4.69) is 40.5 Å². The van der Waals surface area contributed by atoms with Crippen molar-refractivity contribution in [3.8, 4) is 5.75 Å². The Bertz CT molecular complexity index is 842. The molecule has 0 spiro atoms. The van der Waals surface area contributed by atoms with Crippen LogP contribution in [-0.2, 0) is 24.1 Å². The van der Waals surface area contributed by atoms with E-state index >= 15 is 0 Å². The first-order valence-electron chi connectivity index (χ1n) is 11.0. The Morgan fingerprint density at radius 1 is 1.03 bits per heavy atom. The van der Waals surface area contributed by atoms with Gasteiger partial charge in [-0.25, -0.2) is 0 Å². The summed E-state index contributed by atoms with van der Waals surface area (Å²) >= 11 is 0. The molecule has 1 amide bonds. The number of methoxy groups -OCH3 is 1. The van der Waals surface area contributed by atoms with Crippen LogP contribution in [0.2, 0.25) is 0 Å². The number of likely N-dealkylation sites (tertiary alicyclic amines) is 1. The quantitative estimate of drug-likeness (QED) is 0.772. The molecule has 4 heteroatoms. The van der Waals surface area contributed by atoms with Crippen molar-refractivity contribution in [2.75, 3.05) is 26.7 Å². The second-order valence-corrected chi connectivity index (χ2v) is 8.33.